The van der Waals surface area contributed by atoms with Crippen LogP contribution in [-0.4, -0.2) is 117 Å². The van der Waals surface area contributed by atoms with E-state index >= 15 is 0 Å². The fourth-order valence-corrected chi connectivity index (χ4v) is 4.05. The van der Waals surface area contributed by atoms with Crippen LogP contribution in [0.4, 0.5) is 18.9 Å². The summed E-state index contributed by atoms with van der Waals surface area (Å²) < 4.78 is 59.4. The molecule has 2 amide bonds. The highest BCUT2D eigenvalue weighted by Crippen LogP contribution is 2.34. The molecule has 1 aromatic rings. The summed E-state index contributed by atoms with van der Waals surface area (Å²) in [7, 11) is 0. The zero-order valence-electron chi connectivity index (χ0n) is 20.3. The van der Waals surface area contributed by atoms with Gasteiger partial charge in [-0.05, 0) is 24.3 Å². The Hall–Kier alpha value is -2.61. The van der Waals surface area contributed by atoms with E-state index in [0.29, 0.717) is 0 Å². The Morgan fingerprint density at radius 1 is 1.08 bits per heavy atom. The number of halogens is 3. The molecule has 3 rings (SSSR count). The summed E-state index contributed by atoms with van der Waals surface area (Å²) >= 11 is 0. The quantitative estimate of drug-likeness (QED) is 0.155. The lowest BCUT2D eigenvalue weighted by Gasteiger charge is -2.49. The zero-order chi connectivity index (χ0) is 29.1. The molecule has 17 heteroatoms. The molecule has 2 aliphatic rings. The van der Waals surface area contributed by atoms with Gasteiger partial charge in [0.15, 0.2) is 6.29 Å². The Balaban J connectivity index is 1.80. The first-order valence-corrected chi connectivity index (χ1v) is 11.6. The number of benzene rings is 1. The van der Waals surface area contributed by atoms with Gasteiger partial charge in [0.1, 0.15) is 36.3 Å². The number of hydrogen-bond acceptors (Lipinski definition) is 12. The van der Waals surface area contributed by atoms with Gasteiger partial charge in [-0.1, -0.05) is 0 Å². The van der Waals surface area contributed by atoms with E-state index in [-0.39, 0.29) is 17.9 Å². The van der Waals surface area contributed by atoms with Gasteiger partial charge in [-0.15, -0.1) is 0 Å². The van der Waals surface area contributed by atoms with Crippen molar-refractivity contribution >= 4 is 17.5 Å². The summed E-state index contributed by atoms with van der Waals surface area (Å²) in [6.45, 7) is -0.501. The Labute approximate surface area is 218 Å². The first-order valence-electron chi connectivity index (χ1n) is 11.6. The number of rotatable bonds is 8. The Morgan fingerprint density at radius 2 is 1.69 bits per heavy atom. The SMILES string of the molecule is CC(=O)N[C@]1(O)[C@H](Oc2ccc(NC(=O)C(F)(F)F)cc2)O[C@H](CO)[C@@H](O[C@H]2C[C@@H](O)[C@H](O)[C@@H](CO)O2)[C@@H]1O. The van der Waals surface area contributed by atoms with E-state index in [0.717, 1.165) is 31.2 Å². The Morgan fingerprint density at radius 3 is 2.23 bits per heavy atom. The lowest BCUT2D eigenvalue weighted by molar-refractivity contribution is -0.360. The highest BCUT2D eigenvalue weighted by molar-refractivity contribution is 5.94. The molecule has 1 aromatic carbocycles. The van der Waals surface area contributed by atoms with Crippen LogP contribution in [0, 0.1) is 0 Å². The molecule has 39 heavy (non-hydrogen) atoms. The molecule has 2 heterocycles. The largest absolute Gasteiger partial charge is 0.471 e. The lowest BCUT2D eigenvalue weighted by atomic mass is 9.92. The second-order valence-electron chi connectivity index (χ2n) is 8.92. The van der Waals surface area contributed by atoms with E-state index in [1.807, 2.05) is 0 Å². The van der Waals surface area contributed by atoms with E-state index in [4.69, 9.17) is 18.9 Å². The number of aliphatic hydroxyl groups is 6. The molecular weight excluding hydrogens is 541 g/mol. The van der Waals surface area contributed by atoms with Crippen LogP contribution in [0.3, 0.4) is 0 Å². The second-order valence-corrected chi connectivity index (χ2v) is 8.92. The summed E-state index contributed by atoms with van der Waals surface area (Å²) in [4.78, 5) is 23.0. The van der Waals surface area contributed by atoms with Crippen LogP contribution in [0.5, 0.6) is 5.75 Å². The Kier molecular flexibility index (Phi) is 9.73. The maximum atomic E-state index is 12.5. The molecule has 14 nitrogen and oxygen atoms in total. The van der Waals surface area contributed by atoms with Crippen molar-refractivity contribution < 1.29 is 72.3 Å². The van der Waals surface area contributed by atoms with Crippen molar-refractivity contribution in [1.29, 1.82) is 0 Å². The minimum atomic E-state index is -5.12. The molecule has 9 atom stereocenters. The number of hydrogen-bond donors (Lipinski definition) is 8. The van der Waals surface area contributed by atoms with Crippen molar-refractivity contribution in [2.45, 2.75) is 74.4 Å². The summed E-state index contributed by atoms with van der Waals surface area (Å²) in [5.41, 5.74) is -2.97. The van der Waals surface area contributed by atoms with Gasteiger partial charge in [-0.3, -0.25) is 9.59 Å². The third-order valence-electron chi connectivity index (χ3n) is 5.98. The molecule has 0 spiro atoms. The van der Waals surface area contributed by atoms with Crippen LogP contribution in [0.1, 0.15) is 13.3 Å². The van der Waals surface area contributed by atoms with Crippen LogP contribution in [0.2, 0.25) is 0 Å². The first-order chi connectivity index (χ1) is 18.2. The van der Waals surface area contributed by atoms with Gasteiger partial charge < -0.3 is 60.2 Å². The molecule has 0 unspecified atom stereocenters. The van der Waals surface area contributed by atoms with Crippen molar-refractivity contribution in [3.8, 4) is 5.75 Å². The number of anilines is 1. The normalized spacial score (nSPS) is 35.2. The molecule has 2 saturated heterocycles. The van der Waals surface area contributed by atoms with Crippen LogP contribution >= 0.6 is 0 Å². The summed E-state index contributed by atoms with van der Waals surface area (Å²) in [5, 5.41) is 65.2. The highest BCUT2D eigenvalue weighted by atomic mass is 19.4. The minimum Gasteiger partial charge on any atom is -0.460 e. The molecule has 2 aliphatic heterocycles. The molecule has 220 valence electrons. The first kappa shape index (κ1) is 30.9. The molecule has 0 aromatic heterocycles. The van der Waals surface area contributed by atoms with Crippen LogP contribution in [0.15, 0.2) is 24.3 Å². The maximum absolute atomic E-state index is 12.5. The molecule has 0 saturated carbocycles. The van der Waals surface area contributed by atoms with Crippen molar-refractivity contribution in [3.63, 3.8) is 0 Å². The summed E-state index contributed by atoms with van der Waals surface area (Å²) in [6, 6.07) is 4.29. The lowest BCUT2D eigenvalue weighted by Crippen LogP contribution is -2.75. The zero-order valence-corrected chi connectivity index (χ0v) is 20.3. The van der Waals surface area contributed by atoms with Crippen molar-refractivity contribution in [2.75, 3.05) is 18.5 Å². The number of aliphatic hydroxyl groups excluding tert-OH is 5. The van der Waals surface area contributed by atoms with E-state index in [1.54, 1.807) is 5.32 Å². The number of amides is 2. The average molecular weight is 570 g/mol. The van der Waals surface area contributed by atoms with E-state index in [9.17, 15) is 53.4 Å². The van der Waals surface area contributed by atoms with Crippen LogP contribution in [0.25, 0.3) is 0 Å². The number of carbonyl (C=O) groups excluding carboxylic acids is 2. The second kappa shape index (κ2) is 12.3. The van der Waals surface area contributed by atoms with Gasteiger partial charge in [-0.2, -0.15) is 13.2 Å². The van der Waals surface area contributed by atoms with Crippen molar-refractivity contribution in [1.82, 2.24) is 5.32 Å². The summed E-state index contributed by atoms with van der Waals surface area (Å²) in [6.07, 6.45) is -17.9. The molecule has 8 N–H and O–H groups in total. The molecule has 0 radical (unpaired) electrons. The van der Waals surface area contributed by atoms with Gasteiger partial charge in [0.05, 0.1) is 19.3 Å². The van der Waals surface area contributed by atoms with Gasteiger partial charge in [0, 0.05) is 19.0 Å². The average Bonchev–Trinajstić information content (AvgIpc) is 2.86. The van der Waals surface area contributed by atoms with Gasteiger partial charge >= 0.3 is 12.1 Å². The van der Waals surface area contributed by atoms with Gasteiger partial charge in [0.25, 0.3) is 6.29 Å². The molecule has 2 fully saturated rings. The van der Waals surface area contributed by atoms with E-state index < -0.39 is 86.1 Å². The maximum Gasteiger partial charge on any atom is 0.471 e. The van der Waals surface area contributed by atoms with Crippen molar-refractivity contribution in [3.05, 3.63) is 24.3 Å². The molecule has 0 bridgehead atoms. The predicted molar refractivity (Wildman–Crippen MR) is 120 cm³/mol. The number of ether oxygens (including phenoxy) is 4. The smallest absolute Gasteiger partial charge is 0.460 e. The highest BCUT2D eigenvalue weighted by Gasteiger charge is 2.59. The standard InChI is InChI=1S/C22H29F3N2O12/c1-9(30)27-21(35)18(33)17(39-15-6-12(31)16(32)13(7-28)37-15)14(8-29)38-20(21)36-11-4-2-10(3-5-11)26-19(34)22(23,24)25/h2-5,12-18,20,28-29,31-33,35H,6-8H2,1H3,(H,26,34)(H,27,30)/t12-,13-,14-,15+,16+,17-,18+,20-,21-/m1/s1. The molecular formula is C22H29F3N2O12. The third-order valence-corrected chi connectivity index (χ3v) is 5.98. The minimum absolute atomic E-state index is 0.143. The summed E-state index contributed by atoms with van der Waals surface area (Å²) in [5.74, 6) is -3.20. The van der Waals surface area contributed by atoms with Gasteiger partial charge in [-0.25, -0.2) is 0 Å². The monoisotopic (exact) mass is 570 g/mol. The fourth-order valence-electron chi connectivity index (χ4n) is 4.05. The topological polar surface area (TPSA) is 216 Å². The predicted octanol–water partition coefficient (Wildman–Crippen LogP) is -2.32. The molecule has 0 aliphatic carbocycles. The number of nitrogens with one attached hydrogen (secondary N) is 2. The van der Waals surface area contributed by atoms with E-state index in [2.05, 4.69) is 5.32 Å². The number of carbonyl (C=O) groups is 2. The van der Waals surface area contributed by atoms with Crippen molar-refractivity contribution in [2.24, 2.45) is 0 Å². The Bertz CT molecular complexity index is 999. The van der Waals surface area contributed by atoms with Crippen LogP contribution in [-0.2, 0) is 23.8 Å². The number of alkyl halides is 3. The van der Waals surface area contributed by atoms with Gasteiger partial charge in [0.2, 0.25) is 11.6 Å². The van der Waals surface area contributed by atoms with E-state index in [1.165, 1.54) is 0 Å². The fraction of sp³-hybridized carbons (Fsp3) is 0.636. The third kappa shape index (κ3) is 7.13. The van der Waals surface area contributed by atoms with Crippen LogP contribution < -0.4 is 15.4 Å².